The van der Waals surface area contributed by atoms with E-state index in [-0.39, 0.29) is 12.0 Å². The second-order valence-corrected chi connectivity index (χ2v) is 5.97. The van der Waals surface area contributed by atoms with E-state index in [1.165, 1.54) is 6.08 Å². The van der Waals surface area contributed by atoms with Crippen molar-refractivity contribution in [3.63, 3.8) is 0 Å². The molecule has 0 aliphatic rings. The monoisotopic (exact) mass is 349 g/mol. The van der Waals surface area contributed by atoms with Gasteiger partial charge in [-0.05, 0) is 49.8 Å². The van der Waals surface area contributed by atoms with E-state index >= 15 is 0 Å². The predicted molar refractivity (Wildman–Crippen MR) is 96.3 cm³/mol. The summed E-state index contributed by atoms with van der Waals surface area (Å²) in [6, 6.07) is 12.5. The van der Waals surface area contributed by atoms with Crippen molar-refractivity contribution in [1.29, 1.82) is 0 Å². The van der Waals surface area contributed by atoms with Gasteiger partial charge >= 0.3 is 0 Å². The molecule has 0 saturated carbocycles. The maximum Gasteiger partial charge on any atom is 0.248 e. The highest BCUT2D eigenvalue weighted by Crippen LogP contribution is 2.29. The summed E-state index contributed by atoms with van der Waals surface area (Å²) < 4.78 is 5.57. The summed E-state index contributed by atoms with van der Waals surface area (Å²) in [5.41, 5.74) is 1.30. The highest BCUT2D eigenvalue weighted by atomic mass is 35.5. The van der Waals surface area contributed by atoms with Crippen LogP contribution in [-0.2, 0) is 4.79 Å². The molecular weight excluding hydrogens is 333 g/mol. The molecule has 0 fully saturated rings. The molecule has 1 amide bonds. The lowest BCUT2D eigenvalue weighted by Crippen LogP contribution is -2.08. The maximum absolute atomic E-state index is 12.0. The van der Waals surface area contributed by atoms with E-state index in [4.69, 9.17) is 27.9 Å². The molecular formula is C18H17Cl2NO2. The highest BCUT2D eigenvalue weighted by molar-refractivity contribution is 6.39. The van der Waals surface area contributed by atoms with Crippen molar-refractivity contribution in [2.75, 3.05) is 5.32 Å². The van der Waals surface area contributed by atoms with Crippen LogP contribution in [0.2, 0.25) is 10.0 Å². The van der Waals surface area contributed by atoms with Crippen molar-refractivity contribution in [2.24, 2.45) is 0 Å². The molecule has 0 bridgehead atoms. The number of ether oxygens (including phenoxy) is 1. The van der Waals surface area contributed by atoms with Crippen molar-refractivity contribution in [2.45, 2.75) is 20.0 Å². The summed E-state index contributed by atoms with van der Waals surface area (Å²) in [6.45, 7) is 3.94. The van der Waals surface area contributed by atoms with Crippen molar-refractivity contribution >= 4 is 40.9 Å². The normalized spacial score (nSPS) is 11.0. The highest BCUT2D eigenvalue weighted by Gasteiger charge is 2.07. The summed E-state index contributed by atoms with van der Waals surface area (Å²) in [5.74, 6) is 0.493. The van der Waals surface area contributed by atoms with E-state index in [2.05, 4.69) is 5.32 Å². The Balaban J connectivity index is 2.01. The van der Waals surface area contributed by atoms with E-state index in [0.717, 1.165) is 11.3 Å². The Morgan fingerprint density at radius 3 is 2.26 bits per heavy atom. The number of carbonyl (C=O) groups excluding carboxylic acids is 1. The first-order chi connectivity index (χ1) is 11.0. The average Bonchev–Trinajstić information content (AvgIpc) is 2.50. The number of hydrogen-bond acceptors (Lipinski definition) is 2. The van der Waals surface area contributed by atoms with Crippen molar-refractivity contribution in [3.05, 3.63) is 64.1 Å². The third-order valence-corrected chi connectivity index (χ3v) is 3.52. The summed E-state index contributed by atoms with van der Waals surface area (Å²) in [5, 5.41) is 3.47. The van der Waals surface area contributed by atoms with E-state index < -0.39 is 0 Å². The van der Waals surface area contributed by atoms with Gasteiger partial charge in [0.2, 0.25) is 5.91 Å². The number of halogens is 2. The fourth-order valence-corrected chi connectivity index (χ4v) is 2.38. The molecule has 0 radical (unpaired) electrons. The van der Waals surface area contributed by atoms with Gasteiger partial charge < -0.3 is 10.1 Å². The third kappa shape index (κ3) is 5.31. The molecule has 0 heterocycles. The molecule has 23 heavy (non-hydrogen) atoms. The van der Waals surface area contributed by atoms with Crippen LogP contribution in [0.25, 0.3) is 6.08 Å². The molecule has 2 rings (SSSR count). The Morgan fingerprint density at radius 2 is 1.70 bits per heavy atom. The van der Waals surface area contributed by atoms with Gasteiger partial charge in [0, 0.05) is 6.08 Å². The summed E-state index contributed by atoms with van der Waals surface area (Å²) in [4.78, 5) is 12.0. The van der Waals surface area contributed by atoms with Crippen LogP contribution < -0.4 is 10.1 Å². The second kappa shape index (κ2) is 8.04. The van der Waals surface area contributed by atoms with Crippen LogP contribution in [0.4, 0.5) is 5.69 Å². The van der Waals surface area contributed by atoms with Crippen LogP contribution in [0.3, 0.4) is 0 Å². The number of carbonyl (C=O) groups is 1. The molecule has 0 saturated heterocycles. The smallest absolute Gasteiger partial charge is 0.248 e. The first-order valence-corrected chi connectivity index (χ1v) is 7.91. The molecule has 5 heteroatoms. The lowest BCUT2D eigenvalue weighted by molar-refractivity contribution is -0.111. The van der Waals surface area contributed by atoms with Gasteiger partial charge in [-0.3, -0.25) is 4.79 Å². The molecule has 120 valence electrons. The van der Waals surface area contributed by atoms with Crippen LogP contribution in [-0.4, -0.2) is 12.0 Å². The lowest BCUT2D eigenvalue weighted by atomic mass is 10.2. The standard InChI is InChI=1S/C18H17Cl2NO2/c1-12(2)23-14-9-6-13(7-10-14)8-11-17(22)21-18-15(19)4-3-5-16(18)20/h3-12H,1-2H3,(H,21,22)/b11-8+. The molecule has 1 N–H and O–H groups in total. The molecule has 0 aliphatic carbocycles. The first kappa shape index (κ1) is 17.4. The number of hydrogen-bond donors (Lipinski definition) is 1. The molecule has 2 aromatic rings. The van der Waals surface area contributed by atoms with Crippen LogP contribution in [0.15, 0.2) is 48.5 Å². The SMILES string of the molecule is CC(C)Oc1ccc(/C=C/C(=O)Nc2c(Cl)cccc2Cl)cc1. The van der Waals surface area contributed by atoms with Gasteiger partial charge in [0.05, 0.1) is 21.8 Å². The van der Waals surface area contributed by atoms with Crippen molar-refractivity contribution in [3.8, 4) is 5.75 Å². The molecule has 0 aliphatic heterocycles. The van der Waals surface area contributed by atoms with Crippen LogP contribution in [0.1, 0.15) is 19.4 Å². The number of amides is 1. The van der Waals surface area contributed by atoms with Crippen LogP contribution in [0.5, 0.6) is 5.75 Å². The van der Waals surface area contributed by atoms with Crippen molar-refractivity contribution < 1.29 is 9.53 Å². The quantitative estimate of drug-likeness (QED) is 0.730. The number of para-hydroxylation sites is 1. The zero-order chi connectivity index (χ0) is 16.8. The molecule has 0 spiro atoms. The second-order valence-electron chi connectivity index (χ2n) is 5.15. The largest absolute Gasteiger partial charge is 0.491 e. The third-order valence-electron chi connectivity index (χ3n) is 2.89. The predicted octanol–water partition coefficient (Wildman–Crippen LogP) is 5.43. The van der Waals surface area contributed by atoms with E-state index in [0.29, 0.717) is 15.7 Å². The van der Waals surface area contributed by atoms with Gasteiger partial charge in [0.15, 0.2) is 0 Å². The fraction of sp³-hybridized carbons (Fsp3) is 0.167. The minimum atomic E-state index is -0.303. The Labute approximate surface area is 145 Å². The van der Waals surface area contributed by atoms with Gasteiger partial charge in [0.1, 0.15) is 5.75 Å². The fourth-order valence-electron chi connectivity index (χ4n) is 1.88. The van der Waals surface area contributed by atoms with Crippen molar-refractivity contribution in [1.82, 2.24) is 0 Å². The lowest BCUT2D eigenvalue weighted by Gasteiger charge is -2.09. The topological polar surface area (TPSA) is 38.3 Å². The van der Waals surface area contributed by atoms with E-state index in [1.807, 2.05) is 38.1 Å². The molecule has 0 atom stereocenters. The van der Waals surface area contributed by atoms with Crippen LogP contribution in [0, 0.1) is 0 Å². The van der Waals surface area contributed by atoms with E-state index in [9.17, 15) is 4.79 Å². The zero-order valence-electron chi connectivity index (χ0n) is 12.8. The molecule has 0 unspecified atom stereocenters. The number of benzene rings is 2. The zero-order valence-corrected chi connectivity index (χ0v) is 14.4. The van der Waals surface area contributed by atoms with Gasteiger partial charge in [-0.15, -0.1) is 0 Å². The number of rotatable bonds is 5. The average molecular weight is 350 g/mol. The van der Waals surface area contributed by atoms with E-state index in [1.54, 1.807) is 24.3 Å². The van der Waals surface area contributed by atoms with Gasteiger partial charge in [-0.1, -0.05) is 41.4 Å². The summed E-state index contributed by atoms with van der Waals surface area (Å²) >= 11 is 12.0. The van der Waals surface area contributed by atoms with Gasteiger partial charge in [0.25, 0.3) is 0 Å². The molecule has 3 nitrogen and oxygen atoms in total. The Hall–Kier alpha value is -1.97. The first-order valence-electron chi connectivity index (χ1n) is 7.15. The molecule has 0 aromatic heterocycles. The molecule has 2 aromatic carbocycles. The Bertz CT molecular complexity index is 689. The Morgan fingerprint density at radius 1 is 1.09 bits per heavy atom. The van der Waals surface area contributed by atoms with Gasteiger partial charge in [-0.2, -0.15) is 0 Å². The maximum atomic E-state index is 12.0. The number of anilines is 1. The number of nitrogens with one attached hydrogen (secondary N) is 1. The Kier molecular flexibility index (Phi) is 6.08. The minimum absolute atomic E-state index is 0.127. The minimum Gasteiger partial charge on any atom is -0.491 e. The summed E-state index contributed by atoms with van der Waals surface area (Å²) in [6.07, 6.45) is 3.26. The summed E-state index contributed by atoms with van der Waals surface area (Å²) in [7, 11) is 0. The van der Waals surface area contributed by atoms with Crippen LogP contribution >= 0.6 is 23.2 Å². The van der Waals surface area contributed by atoms with Gasteiger partial charge in [-0.25, -0.2) is 0 Å².